The third-order valence-corrected chi connectivity index (χ3v) is 4.59. The molecule has 0 aliphatic heterocycles. The Bertz CT molecular complexity index is 571. The van der Waals surface area contributed by atoms with Crippen LogP contribution in [0, 0.1) is 5.82 Å². The van der Waals surface area contributed by atoms with Crippen molar-refractivity contribution in [2.75, 3.05) is 13.6 Å². The highest BCUT2D eigenvalue weighted by atomic mass is 32.2. The first-order chi connectivity index (χ1) is 8.80. The first-order valence-electron chi connectivity index (χ1n) is 5.80. The lowest BCUT2D eigenvalue weighted by Crippen LogP contribution is -2.29. The van der Waals surface area contributed by atoms with Crippen molar-refractivity contribution in [3.05, 3.63) is 29.6 Å². The predicted molar refractivity (Wildman–Crippen MR) is 68.1 cm³/mol. The highest BCUT2D eigenvalue weighted by Gasteiger charge is 2.26. The fraction of sp³-hybridized carbons (Fsp3) is 0.417. The standard InChI is InChI=1S/C12H16FNO4S/c1-3-4-7-14(2)19(17,18)11-8-9(13)5-6-10(11)12(15)16/h5-6,8H,3-4,7H2,1-2H3,(H,15,16). The summed E-state index contributed by atoms with van der Waals surface area (Å²) in [6.07, 6.45) is 1.45. The van der Waals surface area contributed by atoms with Crippen LogP contribution in [0.15, 0.2) is 23.1 Å². The monoisotopic (exact) mass is 289 g/mol. The fourth-order valence-corrected chi connectivity index (χ4v) is 2.96. The molecule has 106 valence electrons. The summed E-state index contributed by atoms with van der Waals surface area (Å²) in [5.74, 6) is -2.19. The van der Waals surface area contributed by atoms with E-state index < -0.39 is 32.3 Å². The molecule has 0 amide bonds. The number of carboxylic acid groups (broad SMARTS) is 1. The number of rotatable bonds is 6. The predicted octanol–water partition coefficient (Wildman–Crippen LogP) is 1.94. The van der Waals surface area contributed by atoms with Gasteiger partial charge < -0.3 is 5.11 Å². The van der Waals surface area contributed by atoms with Gasteiger partial charge in [-0.2, -0.15) is 0 Å². The van der Waals surface area contributed by atoms with Gasteiger partial charge >= 0.3 is 5.97 Å². The zero-order chi connectivity index (χ0) is 14.6. The van der Waals surface area contributed by atoms with Gasteiger partial charge in [0.15, 0.2) is 0 Å². The third-order valence-electron chi connectivity index (χ3n) is 2.69. The van der Waals surface area contributed by atoms with Gasteiger partial charge in [0.25, 0.3) is 0 Å². The van der Waals surface area contributed by atoms with Crippen molar-refractivity contribution < 1.29 is 22.7 Å². The van der Waals surface area contributed by atoms with Crippen LogP contribution in [0.2, 0.25) is 0 Å². The van der Waals surface area contributed by atoms with Crippen molar-refractivity contribution in [2.24, 2.45) is 0 Å². The molecule has 19 heavy (non-hydrogen) atoms. The van der Waals surface area contributed by atoms with E-state index >= 15 is 0 Å². The van der Waals surface area contributed by atoms with Gasteiger partial charge in [0.2, 0.25) is 10.0 Å². The Morgan fingerprint density at radius 3 is 2.58 bits per heavy atom. The molecule has 0 aliphatic rings. The van der Waals surface area contributed by atoms with Crippen LogP contribution in [0.25, 0.3) is 0 Å². The Kier molecular flexibility index (Phi) is 5.02. The number of aromatic carboxylic acids is 1. The molecule has 1 aromatic carbocycles. The van der Waals surface area contributed by atoms with Gasteiger partial charge in [-0.1, -0.05) is 13.3 Å². The average Bonchev–Trinajstić information content (AvgIpc) is 2.35. The van der Waals surface area contributed by atoms with Crippen molar-refractivity contribution in [2.45, 2.75) is 24.7 Å². The molecule has 1 aromatic rings. The second-order valence-corrected chi connectivity index (χ2v) is 6.14. The molecule has 0 radical (unpaired) electrons. The van der Waals surface area contributed by atoms with Gasteiger partial charge in [-0.05, 0) is 24.6 Å². The maximum atomic E-state index is 13.2. The molecule has 0 bridgehead atoms. The van der Waals surface area contributed by atoms with Crippen LogP contribution in [0.5, 0.6) is 0 Å². The van der Waals surface area contributed by atoms with E-state index in [4.69, 9.17) is 5.11 Å². The van der Waals surface area contributed by atoms with Crippen LogP contribution in [0.3, 0.4) is 0 Å². The van der Waals surface area contributed by atoms with Crippen LogP contribution >= 0.6 is 0 Å². The van der Waals surface area contributed by atoms with Crippen molar-refractivity contribution in [1.29, 1.82) is 0 Å². The van der Waals surface area contributed by atoms with E-state index in [2.05, 4.69) is 0 Å². The number of benzene rings is 1. The summed E-state index contributed by atoms with van der Waals surface area (Å²) >= 11 is 0. The largest absolute Gasteiger partial charge is 0.478 e. The molecule has 0 spiro atoms. The summed E-state index contributed by atoms with van der Waals surface area (Å²) in [7, 11) is -2.65. The lowest BCUT2D eigenvalue weighted by atomic mass is 10.2. The quantitative estimate of drug-likeness (QED) is 0.868. The fourth-order valence-electron chi connectivity index (χ4n) is 1.56. The number of carboxylic acids is 1. The van der Waals surface area contributed by atoms with Crippen molar-refractivity contribution in [3.8, 4) is 0 Å². The molecule has 0 unspecified atom stereocenters. The molecule has 0 aromatic heterocycles. The lowest BCUT2D eigenvalue weighted by molar-refractivity contribution is 0.0692. The number of sulfonamides is 1. The van der Waals surface area contributed by atoms with Crippen LogP contribution < -0.4 is 0 Å². The topological polar surface area (TPSA) is 74.7 Å². The molecule has 0 fully saturated rings. The third kappa shape index (κ3) is 3.51. The van der Waals surface area contributed by atoms with Gasteiger partial charge in [-0.15, -0.1) is 0 Å². The summed E-state index contributed by atoms with van der Waals surface area (Å²) in [6, 6.07) is 2.62. The van der Waals surface area contributed by atoms with E-state index in [0.29, 0.717) is 6.42 Å². The van der Waals surface area contributed by atoms with Crippen LogP contribution in [0.4, 0.5) is 4.39 Å². The van der Waals surface area contributed by atoms with Crippen LogP contribution in [0.1, 0.15) is 30.1 Å². The Balaban J connectivity index is 3.27. The smallest absolute Gasteiger partial charge is 0.337 e. The molecule has 0 aliphatic carbocycles. The minimum absolute atomic E-state index is 0.258. The zero-order valence-corrected chi connectivity index (χ0v) is 11.6. The molecule has 0 saturated carbocycles. The molecule has 0 heterocycles. The van der Waals surface area contributed by atoms with Gasteiger partial charge in [0.1, 0.15) is 5.82 Å². The molecule has 0 saturated heterocycles. The SMILES string of the molecule is CCCCN(C)S(=O)(=O)c1cc(F)ccc1C(=O)O. The molecular formula is C12H16FNO4S. The Hall–Kier alpha value is -1.47. The van der Waals surface area contributed by atoms with E-state index in [9.17, 15) is 17.6 Å². The number of hydrogen-bond acceptors (Lipinski definition) is 3. The zero-order valence-electron chi connectivity index (χ0n) is 10.8. The van der Waals surface area contributed by atoms with E-state index in [1.165, 1.54) is 7.05 Å². The molecule has 0 atom stereocenters. The first kappa shape index (κ1) is 15.6. The summed E-state index contributed by atoms with van der Waals surface area (Å²) in [5, 5.41) is 8.97. The molecular weight excluding hydrogens is 273 g/mol. The summed E-state index contributed by atoms with van der Waals surface area (Å²) in [4.78, 5) is 10.5. The number of nitrogens with zero attached hydrogens (tertiary/aromatic N) is 1. The van der Waals surface area contributed by atoms with Gasteiger partial charge in [-0.25, -0.2) is 21.9 Å². The van der Waals surface area contributed by atoms with Gasteiger partial charge in [0.05, 0.1) is 10.5 Å². The molecule has 1 N–H and O–H groups in total. The second kappa shape index (κ2) is 6.12. The van der Waals surface area contributed by atoms with E-state index in [0.717, 1.165) is 28.9 Å². The Labute approximate surface area is 111 Å². The van der Waals surface area contributed by atoms with Crippen molar-refractivity contribution >= 4 is 16.0 Å². The minimum Gasteiger partial charge on any atom is -0.478 e. The van der Waals surface area contributed by atoms with Crippen LogP contribution in [-0.4, -0.2) is 37.4 Å². The van der Waals surface area contributed by atoms with Gasteiger partial charge in [0, 0.05) is 13.6 Å². The number of halogens is 1. The highest BCUT2D eigenvalue weighted by molar-refractivity contribution is 7.89. The minimum atomic E-state index is -4.00. The summed E-state index contributed by atoms with van der Waals surface area (Å²) < 4.78 is 38.6. The van der Waals surface area contributed by atoms with Gasteiger partial charge in [-0.3, -0.25) is 0 Å². The summed E-state index contributed by atoms with van der Waals surface area (Å²) in [6.45, 7) is 2.17. The Morgan fingerprint density at radius 2 is 2.05 bits per heavy atom. The van der Waals surface area contributed by atoms with E-state index in [1.54, 1.807) is 0 Å². The lowest BCUT2D eigenvalue weighted by Gasteiger charge is -2.18. The highest BCUT2D eigenvalue weighted by Crippen LogP contribution is 2.21. The van der Waals surface area contributed by atoms with Crippen molar-refractivity contribution in [3.63, 3.8) is 0 Å². The van der Waals surface area contributed by atoms with E-state index in [-0.39, 0.29) is 6.54 Å². The number of hydrogen-bond donors (Lipinski definition) is 1. The molecule has 1 rings (SSSR count). The number of unbranched alkanes of at least 4 members (excludes halogenated alkanes) is 1. The first-order valence-corrected chi connectivity index (χ1v) is 7.24. The van der Waals surface area contributed by atoms with Crippen LogP contribution in [-0.2, 0) is 10.0 Å². The maximum Gasteiger partial charge on any atom is 0.337 e. The normalized spacial score (nSPS) is 11.8. The number of carbonyl (C=O) groups is 1. The summed E-state index contributed by atoms with van der Waals surface area (Å²) in [5.41, 5.74) is -0.426. The van der Waals surface area contributed by atoms with E-state index in [1.807, 2.05) is 6.92 Å². The Morgan fingerprint density at radius 1 is 1.42 bits per heavy atom. The second-order valence-electron chi connectivity index (χ2n) is 4.13. The molecule has 5 nitrogen and oxygen atoms in total. The average molecular weight is 289 g/mol. The molecule has 7 heteroatoms. The van der Waals surface area contributed by atoms with Crippen molar-refractivity contribution in [1.82, 2.24) is 4.31 Å². The maximum absolute atomic E-state index is 13.2.